The van der Waals surface area contributed by atoms with E-state index in [4.69, 9.17) is 0 Å². The number of hydrogen-bond acceptors (Lipinski definition) is 4. The first-order valence-electron chi connectivity index (χ1n) is 13.1. The minimum Gasteiger partial charge on any atom is -0.301 e. The van der Waals surface area contributed by atoms with Gasteiger partial charge in [0, 0.05) is 32.7 Å². The Labute approximate surface area is 203 Å². The first kappa shape index (κ1) is 23.3. The lowest BCUT2D eigenvalue weighted by Gasteiger charge is -2.40. The number of amides is 2. The van der Waals surface area contributed by atoms with Crippen molar-refractivity contribution in [2.75, 3.05) is 39.3 Å². The van der Waals surface area contributed by atoms with Crippen LogP contribution in [-0.2, 0) is 9.59 Å². The second-order valence-corrected chi connectivity index (χ2v) is 10.1. The van der Waals surface area contributed by atoms with Gasteiger partial charge in [-0.1, -0.05) is 73.5 Å². The van der Waals surface area contributed by atoms with Gasteiger partial charge in [-0.15, -0.1) is 0 Å². The fourth-order valence-electron chi connectivity index (χ4n) is 6.19. The Morgan fingerprint density at radius 1 is 0.676 bits per heavy atom. The molecule has 3 fully saturated rings. The minimum absolute atomic E-state index is 0.0171. The number of rotatable bonds is 8. The fraction of sp³-hybridized carbons (Fsp3) is 0.517. The summed E-state index contributed by atoms with van der Waals surface area (Å²) in [6, 6.07) is 21.9. The molecule has 2 aromatic carbocycles. The third-order valence-electron chi connectivity index (χ3n) is 8.04. The molecule has 3 aliphatic rings. The van der Waals surface area contributed by atoms with Gasteiger partial charge in [-0.05, 0) is 43.4 Å². The highest BCUT2D eigenvalue weighted by Gasteiger charge is 2.47. The van der Waals surface area contributed by atoms with Gasteiger partial charge >= 0.3 is 0 Å². The Morgan fingerprint density at radius 3 is 1.71 bits per heavy atom. The number of carbonyl (C=O) groups excluding carboxylic acids is 2. The number of benzene rings is 2. The largest absolute Gasteiger partial charge is 0.301 e. The van der Waals surface area contributed by atoms with Gasteiger partial charge in [0.2, 0.25) is 11.8 Å². The summed E-state index contributed by atoms with van der Waals surface area (Å²) in [5.41, 5.74) is 2.70. The molecule has 34 heavy (non-hydrogen) atoms. The first-order valence-corrected chi connectivity index (χ1v) is 13.1. The number of nitrogens with zero attached hydrogens (tertiary/aromatic N) is 3. The van der Waals surface area contributed by atoms with Crippen LogP contribution in [0.1, 0.15) is 55.7 Å². The molecule has 0 radical (unpaired) electrons. The van der Waals surface area contributed by atoms with Crippen molar-refractivity contribution < 1.29 is 9.59 Å². The van der Waals surface area contributed by atoms with Crippen LogP contribution in [0.15, 0.2) is 60.7 Å². The lowest BCUT2D eigenvalue weighted by Crippen LogP contribution is -2.48. The van der Waals surface area contributed by atoms with Crippen LogP contribution in [0.4, 0.5) is 0 Å². The third-order valence-corrected chi connectivity index (χ3v) is 8.04. The van der Waals surface area contributed by atoms with Crippen molar-refractivity contribution >= 4 is 11.8 Å². The van der Waals surface area contributed by atoms with Gasteiger partial charge < -0.3 is 4.90 Å². The van der Waals surface area contributed by atoms with Gasteiger partial charge in [0.05, 0.1) is 17.9 Å². The van der Waals surface area contributed by atoms with Crippen molar-refractivity contribution in [1.82, 2.24) is 14.7 Å². The summed E-state index contributed by atoms with van der Waals surface area (Å²) < 4.78 is 0. The molecule has 5 heteroatoms. The Hall–Kier alpha value is -2.50. The van der Waals surface area contributed by atoms with E-state index in [1.54, 1.807) is 4.90 Å². The highest BCUT2D eigenvalue weighted by molar-refractivity contribution is 6.05. The summed E-state index contributed by atoms with van der Waals surface area (Å²) >= 11 is 0. The molecule has 180 valence electrons. The van der Waals surface area contributed by atoms with Crippen molar-refractivity contribution in [3.05, 3.63) is 71.8 Å². The highest BCUT2D eigenvalue weighted by Crippen LogP contribution is 2.38. The van der Waals surface area contributed by atoms with E-state index in [9.17, 15) is 9.59 Å². The molecule has 1 aliphatic carbocycles. The molecule has 2 saturated heterocycles. The second kappa shape index (κ2) is 10.8. The molecule has 2 atom stereocenters. The molecule has 0 N–H and O–H groups in total. The Balaban J connectivity index is 1.10. The van der Waals surface area contributed by atoms with Gasteiger partial charge in [-0.25, -0.2) is 0 Å². The number of hydrogen-bond donors (Lipinski definition) is 0. The maximum atomic E-state index is 12.7. The molecule has 2 aromatic rings. The summed E-state index contributed by atoms with van der Waals surface area (Å²) in [5.74, 6) is 0.181. The van der Waals surface area contributed by atoms with Crippen LogP contribution < -0.4 is 0 Å². The summed E-state index contributed by atoms with van der Waals surface area (Å²) in [6.45, 7) is 5.85. The average molecular weight is 460 g/mol. The molecule has 2 heterocycles. The smallest absolute Gasteiger partial charge is 0.233 e. The number of piperazine rings is 1. The lowest BCUT2D eigenvalue weighted by molar-refractivity contribution is -0.140. The zero-order chi connectivity index (χ0) is 23.3. The quantitative estimate of drug-likeness (QED) is 0.435. The van der Waals surface area contributed by atoms with E-state index in [1.165, 1.54) is 11.1 Å². The van der Waals surface area contributed by atoms with Crippen LogP contribution in [0, 0.1) is 11.8 Å². The van der Waals surface area contributed by atoms with Crippen molar-refractivity contribution in [2.24, 2.45) is 11.8 Å². The van der Waals surface area contributed by atoms with Gasteiger partial charge in [0.15, 0.2) is 0 Å². The summed E-state index contributed by atoms with van der Waals surface area (Å²) in [6.07, 6.45) is 5.94. The van der Waals surface area contributed by atoms with Crippen LogP contribution in [0.25, 0.3) is 0 Å². The van der Waals surface area contributed by atoms with Crippen molar-refractivity contribution in [1.29, 1.82) is 0 Å². The Kier molecular flexibility index (Phi) is 7.41. The minimum atomic E-state index is -0.0171. The van der Waals surface area contributed by atoms with Gasteiger partial charge in [0.1, 0.15) is 0 Å². The van der Waals surface area contributed by atoms with E-state index in [2.05, 4.69) is 70.5 Å². The predicted molar refractivity (Wildman–Crippen MR) is 134 cm³/mol. The number of likely N-dealkylation sites (tertiary alicyclic amines) is 1. The molecule has 2 amide bonds. The van der Waals surface area contributed by atoms with Gasteiger partial charge in [-0.3, -0.25) is 19.4 Å². The van der Waals surface area contributed by atoms with Gasteiger partial charge in [-0.2, -0.15) is 0 Å². The topological polar surface area (TPSA) is 43.9 Å². The number of fused-ring (bicyclic) bond motifs is 1. The third kappa shape index (κ3) is 4.96. The molecule has 1 saturated carbocycles. The molecule has 0 aromatic heterocycles. The predicted octanol–water partition coefficient (Wildman–Crippen LogP) is 4.35. The number of imide groups is 1. The van der Waals surface area contributed by atoms with Crippen LogP contribution >= 0.6 is 0 Å². The zero-order valence-electron chi connectivity index (χ0n) is 20.1. The van der Waals surface area contributed by atoms with Crippen molar-refractivity contribution in [2.45, 2.75) is 44.6 Å². The number of carbonyl (C=O) groups is 2. The lowest BCUT2D eigenvalue weighted by atomic mass is 9.81. The van der Waals surface area contributed by atoms with E-state index in [0.717, 1.165) is 71.2 Å². The van der Waals surface area contributed by atoms with Crippen molar-refractivity contribution in [3.8, 4) is 0 Å². The molecule has 2 unspecified atom stereocenters. The summed E-state index contributed by atoms with van der Waals surface area (Å²) in [5, 5.41) is 0. The highest BCUT2D eigenvalue weighted by atomic mass is 16.2. The van der Waals surface area contributed by atoms with E-state index in [0.29, 0.717) is 12.6 Å². The maximum Gasteiger partial charge on any atom is 0.233 e. The van der Waals surface area contributed by atoms with Crippen LogP contribution in [0.2, 0.25) is 0 Å². The van der Waals surface area contributed by atoms with E-state index in [-0.39, 0.29) is 23.7 Å². The SMILES string of the molecule is O=C1C2CCCCC2C(=O)N1CCCCN1CCN(C(c2ccccc2)c2ccccc2)CC1. The van der Waals surface area contributed by atoms with Crippen LogP contribution in [-0.4, -0.2) is 65.8 Å². The first-order chi connectivity index (χ1) is 16.7. The molecule has 0 bridgehead atoms. The van der Waals surface area contributed by atoms with Gasteiger partial charge in [0.25, 0.3) is 0 Å². The van der Waals surface area contributed by atoms with Crippen LogP contribution in [0.3, 0.4) is 0 Å². The van der Waals surface area contributed by atoms with Crippen LogP contribution in [0.5, 0.6) is 0 Å². The summed E-state index contributed by atoms with van der Waals surface area (Å²) in [4.78, 5) is 32.1. The Morgan fingerprint density at radius 2 is 1.18 bits per heavy atom. The maximum absolute atomic E-state index is 12.7. The summed E-state index contributed by atoms with van der Waals surface area (Å²) in [7, 11) is 0. The standard InChI is InChI=1S/C29H37N3O2/c33-28-25-15-7-8-16-26(25)29(34)32(28)18-10-9-17-30-19-21-31(22-20-30)27(23-11-3-1-4-12-23)24-13-5-2-6-14-24/h1-6,11-14,25-27H,7-10,15-22H2. The van der Waals surface area contributed by atoms with E-state index in [1.807, 2.05) is 0 Å². The molecular formula is C29H37N3O2. The van der Waals surface area contributed by atoms with E-state index >= 15 is 0 Å². The Bertz CT molecular complexity index is 892. The average Bonchev–Trinajstić information content (AvgIpc) is 3.14. The fourth-order valence-corrected chi connectivity index (χ4v) is 6.19. The molecular weight excluding hydrogens is 422 g/mol. The second-order valence-electron chi connectivity index (χ2n) is 10.1. The van der Waals surface area contributed by atoms with Crippen molar-refractivity contribution in [3.63, 3.8) is 0 Å². The normalized spacial score (nSPS) is 24.1. The number of unbranched alkanes of at least 4 members (excludes halogenated alkanes) is 1. The molecule has 5 nitrogen and oxygen atoms in total. The molecule has 2 aliphatic heterocycles. The van der Waals surface area contributed by atoms with E-state index < -0.39 is 0 Å². The molecule has 0 spiro atoms. The molecule has 5 rings (SSSR count). The zero-order valence-corrected chi connectivity index (χ0v) is 20.1. The monoisotopic (exact) mass is 459 g/mol.